The van der Waals surface area contributed by atoms with E-state index >= 15 is 0 Å². The zero-order valence-corrected chi connectivity index (χ0v) is 18.5. The standard InChI is InChI=1S/C20H16F3N5O3S2/c1-11(29)24-12-5-4-6-13(9-12)25-16(30)10-32-19-28-27-18(33-19)26-17(31)14-7-2-3-8-15(14)20(21,22)23/h2-9H,10H2,1H3,(H,24,29)(H,25,30)(H,26,27,31). The first-order valence-corrected chi connectivity index (χ1v) is 11.0. The maximum atomic E-state index is 13.1. The van der Waals surface area contributed by atoms with Crippen LogP contribution in [0, 0.1) is 0 Å². The summed E-state index contributed by atoms with van der Waals surface area (Å²) in [6.45, 7) is 1.37. The zero-order chi connectivity index (χ0) is 24.0. The minimum atomic E-state index is -4.68. The van der Waals surface area contributed by atoms with Gasteiger partial charge in [0.1, 0.15) is 0 Å². The Bertz CT molecular complexity index is 1180. The van der Waals surface area contributed by atoms with E-state index in [1.165, 1.54) is 19.1 Å². The van der Waals surface area contributed by atoms with Gasteiger partial charge < -0.3 is 10.6 Å². The fourth-order valence-corrected chi connectivity index (χ4v) is 4.16. The number of aromatic nitrogens is 2. The average molecular weight is 496 g/mol. The number of halogens is 3. The molecule has 33 heavy (non-hydrogen) atoms. The Morgan fingerprint density at radius 3 is 2.36 bits per heavy atom. The summed E-state index contributed by atoms with van der Waals surface area (Å²) in [6.07, 6.45) is -4.68. The monoisotopic (exact) mass is 495 g/mol. The minimum absolute atomic E-state index is 0.00268. The van der Waals surface area contributed by atoms with Gasteiger partial charge in [0.15, 0.2) is 4.34 Å². The molecule has 1 aromatic heterocycles. The van der Waals surface area contributed by atoms with Crippen molar-refractivity contribution in [3.05, 3.63) is 59.7 Å². The number of hydrogen-bond donors (Lipinski definition) is 3. The topological polar surface area (TPSA) is 113 Å². The summed E-state index contributed by atoms with van der Waals surface area (Å²) in [7, 11) is 0. The molecule has 0 aliphatic carbocycles. The number of nitrogens with one attached hydrogen (secondary N) is 3. The Kier molecular flexibility index (Phi) is 7.66. The molecule has 0 spiro atoms. The second kappa shape index (κ2) is 10.4. The average Bonchev–Trinajstić information content (AvgIpc) is 3.18. The van der Waals surface area contributed by atoms with Crippen LogP contribution in [-0.2, 0) is 15.8 Å². The molecule has 0 unspecified atom stereocenters. The third-order valence-corrected chi connectivity index (χ3v) is 5.87. The molecule has 1 heterocycles. The van der Waals surface area contributed by atoms with E-state index in [-0.39, 0.29) is 22.7 Å². The van der Waals surface area contributed by atoms with Crippen LogP contribution in [0.3, 0.4) is 0 Å². The van der Waals surface area contributed by atoms with Gasteiger partial charge in [-0.25, -0.2) is 0 Å². The number of anilines is 3. The van der Waals surface area contributed by atoms with Crippen LogP contribution >= 0.6 is 23.1 Å². The Morgan fingerprint density at radius 1 is 0.970 bits per heavy atom. The lowest BCUT2D eigenvalue weighted by atomic mass is 10.1. The van der Waals surface area contributed by atoms with Crippen LogP contribution < -0.4 is 16.0 Å². The van der Waals surface area contributed by atoms with E-state index in [0.717, 1.165) is 35.2 Å². The maximum absolute atomic E-state index is 13.1. The number of alkyl halides is 3. The van der Waals surface area contributed by atoms with Crippen molar-refractivity contribution in [1.29, 1.82) is 0 Å². The number of hydrogen-bond acceptors (Lipinski definition) is 7. The highest BCUT2D eigenvalue weighted by atomic mass is 32.2. The summed E-state index contributed by atoms with van der Waals surface area (Å²) in [6, 6.07) is 11.0. The Hall–Kier alpha value is -3.45. The minimum Gasteiger partial charge on any atom is -0.326 e. The molecule has 3 rings (SSSR count). The fraction of sp³-hybridized carbons (Fsp3) is 0.150. The molecule has 0 aliphatic rings. The number of rotatable bonds is 7. The summed E-state index contributed by atoms with van der Waals surface area (Å²) in [5.41, 5.74) is -0.568. The van der Waals surface area contributed by atoms with Gasteiger partial charge in [-0.1, -0.05) is 41.3 Å². The highest BCUT2D eigenvalue weighted by molar-refractivity contribution is 8.01. The number of benzene rings is 2. The van der Waals surface area contributed by atoms with Gasteiger partial charge in [-0.2, -0.15) is 13.2 Å². The van der Waals surface area contributed by atoms with Gasteiger partial charge in [0.2, 0.25) is 16.9 Å². The summed E-state index contributed by atoms with van der Waals surface area (Å²) in [5.74, 6) is -1.58. The van der Waals surface area contributed by atoms with Crippen molar-refractivity contribution in [2.24, 2.45) is 0 Å². The molecule has 172 valence electrons. The Morgan fingerprint density at radius 2 is 1.67 bits per heavy atom. The van der Waals surface area contributed by atoms with E-state index in [0.29, 0.717) is 15.7 Å². The SMILES string of the molecule is CC(=O)Nc1cccc(NC(=O)CSc2nnc(NC(=O)c3ccccc3C(F)(F)F)s2)c1. The molecule has 13 heteroatoms. The van der Waals surface area contributed by atoms with Crippen molar-refractivity contribution < 1.29 is 27.6 Å². The van der Waals surface area contributed by atoms with Gasteiger partial charge in [0.25, 0.3) is 5.91 Å². The molecule has 0 fully saturated rings. The molecule has 0 radical (unpaired) electrons. The molecular weight excluding hydrogens is 479 g/mol. The van der Waals surface area contributed by atoms with Gasteiger partial charge in [0, 0.05) is 18.3 Å². The molecule has 0 saturated carbocycles. The third kappa shape index (κ3) is 7.02. The van der Waals surface area contributed by atoms with Crippen molar-refractivity contribution in [2.45, 2.75) is 17.4 Å². The van der Waals surface area contributed by atoms with Gasteiger partial charge >= 0.3 is 6.18 Å². The fourth-order valence-electron chi connectivity index (χ4n) is 2.61. The summed E-state index contributed by atoms with van der Waals surface area (Å²) >= 11 is 1.97. The second-order valence-electron chi connectivity index (χ2n) is 6.47. The molecule has 3 N–H and O–H groups in total. The van der Waals surface area contributed by atoms with Crippen LogP contribution in [0.1, 0.15) is 22.8 Å². The third-order valence-electron chi connectivity index (χ3n) is 3.90. The van der Waals surface area contributed by atoms with E-state index in [1.54, 1.807) is 24.3 Å². The van der Waals surface area contributed by atoms with Gasteiger partial charge in [-0.05, 0) is 30.3 Å². The molecule has 2 aromatic carbocycles. The first-order valence-electron chi connectivity index (χ1n) is 9.23. The second-order valence-corrected chi connectivity index (χ2v) is 8.67. The van der Waals surface area contributed by atoms with Crippen LogP contribution in [0.15, 0.2) is 52.9 Å². The molecule has 3 aromatic rings. The largest absolute Gasteiger partial charge is 0.417 e. The van der Waals surface area contributed by atoms with Crippen molar-refractivity contribution in [1.82, 2.24) is 10.2 Å². The Labute approximate surface area is 194 Å². The van der Waals surface area contributed by atoms with E-state index < -0.39 is 23.2 Å². The first-order chi connectivity index (χ1) is 15.6. The number of carbonyl (C=O) groups is 3. The molecule has 8 nitrogen and oxygen atoms in total. The van der Waals surface area contributed by atoms with Crippen molar-refractivity contribution in [3.63, 3.8) is 0 Å². The number of thioether (sulfide) groups is 1. The lowest BCUT2D eigenvalue weighted by Crippen LogP contribution is -2.18. The molecular formula is C20H16F3N5O3S2. The van der Waals surface area contributed by atoms with Gasteiger partial charge in [-0.15, -0.1) is 10.2 Å². The quantitative estimate of drug-likeness (QED) is 0.329. The normalized spacial score (nSPS) is 11.0. The summed E-state index contributed by atoms with van der Waals surface area (Å²) in [5, 5.41) is 15.1. The molecule has 0 saturated heterocycles. The number of nitrogens with zero attached hydrogens (tertiary/aromatic N) is 2. The van der Waals surface area contributed by atoms with Crippen molar-refractivity contribution in [3.8, 4) is 0 Å². The van der Waals surface area contributed by atoms with Crippen LogP contribution in [0.5, 0.6) is 0 Å². The van der Waals surface area contributed by atoms with Crippen LogP contribution in [0.4, 0.5) is 29.7 Å². The highest BCUT2D eigenvalue weighted by Gasteiger charge is 2.35. The highest BCUT2D eigenvalue weighted by Crippen LogP contribution is 2.32. The molecule has 0 aliphatic heterocycles. The van der Waals surface area contributed by atoms with E-state index in [4.69, 9.17) is 0 Å². The lowest BCUT2D eigenvalue weighted by Gasteiger charge is -2.11. The zero-order valence-electron chi connectivity index (χ0n) is 16.9. The number of carbonyl (C=O) groups excluding carboxylic acids is 3. The smallest absolute Gasteiger partial charge is 0.326 e. The van der Waals surface area contributed by atoms with Gasteiger partial charge in [-0.3, -0.25) is 19.7 Å². The summed E-state index contributed by atoms with van der Waals surface area (Å²) in [4.78, 5) is 35.6. The summed E-state index contributed by atoms with van der Waals surface area (Å²) < 4.78 is 39.6. The predicted molar refractivity (Wildman–Crippen MR) is 119 cm³/mol. The van der Waals surface area contributed by atoms with Crippen LogP contribution in [-0.4, -0.2) is 33.7 Å². The number of amides is 3. The molecule has 0 atom stereocenters. The van der Waals surface area contributed by atoms with E-state index in [2.05, 4.69) is 26.1 Å². The van der Waals surface area contributed by atoms with E-state index in [1.807, 2.05) is 0 Å². The molecule has 3 amide bonds. The maximum Gasteiger partial charge on any atom is 0.417 e. The first kappa shape index (κ1) is 24.2. The molecule has 0 bridgehead atoms. The lowest BCUT2D eigenvalue weighted by molar-refractivity contribution is -0.137. The van der Waals surface area contributed by atoms with Gasteiger partial charge in [0.05, 0.1) is 16.9 Å². The Balaban J connectivity index is 1.56. The van der Waals surface area contributed by atoms with Crippen LogP contribution in [0.25, 0.3) is 0 Å². The van der Waals surface area contributed by atoms with Crippen molar-refractivity contribution in [2.75, 3.05) is 21.7 Å². The van der Waals surface area contributed by atoms with Crippen LogP contribution in [0.2, 0.25) is 0 Å². The van der Waals surface area contributed by atoms with E-state index in [9.17, 15) is 27.6 Å². The predicted octanol–water partition coefficient (Wildman–Crippen LogP) is 4.50. The van der Waals surface area contributed by atoms with Crippen molar-refractivity contribution >= 4 is 57.3 Å².